The lowest BCUT2D eigenvalue weighted by atomic mass is 9.55. The zero-order valence-electron chi connectivity index (χ0n) is 18.9. The molecule has 2 fully saturated rings. The van der Waals surface area contributed by atoms with E-state index in [1.54, 1.807) is 7.11 Å². The second kappa shape index (κ2) is 10.2. The van der Waals surface area contributed by atoms with Crippen LogP contribution in [0.5, 0.6) is 11.5 Å². The molecule has 10 nitrogen and oxygen atoms in total. The maximum Gasteiger partial charge on any atom is 0.333 e. The van der Waals surface area contributed by atoms with Gasteiger partial charge in [0, 0.05) is 0 Å². The van der Waals surface area contributed by atoms with Gasteiger partial charge in [-0.05, 0) is 85.0 Å². The summed E-state index contributed by atoms with van der Waals surface area (Å²) >= 11 is 0.641. The Morgan fingerprint density at radius 1 is 1.15 bits per heavy atom. The Hall–Kier alpha value is -1.12. The minimum atomic E-state index is -3.94. The predicted molar refractivity (Wildman–Crippen MR) is 121 cm³/mol. The highest BCUT2D eigenvalue weighted by molar-refractivity contribution is 7.90. The molecule has 4 rings (SSSR count). The van der Waals surface area contributed by atoms with E-state index < -0.39 is 10.3 Å². The Morgan fingerprint density at radius 3 is 2.70 bits per heavy atom. The van der Waals surface area contributed by atoms with Gasteiger partial charge in [-0.25, -0.2) is 5.14 Å². The zero-order chi connectivity index (χ0) is 23.6. The van der Waals surface area contributed by atoms with Crippen LogP contribution in [0.1, 0.15) is 56.1 Å². The van der Waals surface area contributed by atoms with Gasteiger partial charge < -0.3 is 13.7 Å². The summed E-state index contributed by atoms with van der Waals surface area (Å²) in [5, 5.41) is 4.89. The molecule has 0 spiro atoms. The summed E-state index contributed by atoms with van der Waals surface area (Å²) in [5.74, 6) is 7.69. The summed E-state index contributed by atoms with van der Waals surface area (Å²) < 4.78 is 48.3. The summed E-state index contributed by atoms with van der Waals surface area (Å²) in [6.07, 6.45) is 6.39. The Kier molecular flexibility index (Phi) is 7.76. The van der Waals surface area contributed by atoms with Gasteiger partial charge in [0.25, 0.3) is 12.3 Å². The van der Waals surface area contributed by atoms with E-state index in [4.69, 9.17) is 24.7 Å². The monoisotopic (exact) mass is 504 g/mol. The summed E-state index contributed by atoms with van der Waals surface area (Å²) in [6, 6.07) is 4.12. The lowest BCUT2D eigenvalue weighted by Gasteiger charge is -2.50. The van der Waals surface area contributed by atoms with Crippen LogP contribution in [-0.2, 0) is 35.0 Å². The van der Waals surface area contributed by atoms with Gasteiger partial charge in [0.15, 0.2) is 11.5 Å². The predicted octanol–water partition coefficient (Wildman–Crippen LogP) is 2.92. The molecular weight excluding hydrogens is 472 g/mol. The van der Waals surface area contributed by atoms with Gasteiger partial charge in [0.05, 0.1) is 26.4 Å². The number of hydrogen-bond acceptors (Lipinski definition) is 10. The fraction of sp³-hybridized carbons (Fsp3) is 0.714. The van der Waals surface area contributed by atoms with Crippen LogP contribution in [0.15, 0.2) is 12.1 Å². The summed E-state index contributed by atoms with van der Waals surface area (Å²) in [4.78, 5) is 4.07. The van der Waals surface area contributed by atoms with Crippen LogP contribution in [0.3, 0.4) is 0 Å². The topological polar surface area (TPSA) is 142 Å². The molecule has 3 unspecified atom stereocenters. The first-order valence-corrected chi connectivity index (χ1v) is 13.3. The highest BCUT2D eigenvalue weighted by Gasteiger charge is 2.55. The maximum absolute atomic E-state index is 11.0. The number of nitrogens with two attached hydrogens (primary N) is 2. The van der Waals surface area contributed by atoms with Crippen molar-refractivity contribution in [1.29, 1.82) is 0 Å². The Bertz CT molecular complexity index is 946. The molecule has 0 aliphatic heterocycles. The van der Waals surface area contributed by atoms with E-state index in [9.17, 15) is 8.42 Å². The second-order valence-electron chi connectivity index (χ2n) is 9.23. The standard InChI is InChI=1S/C21H32N2O8S2/c1-21-8-7-14-15(17(21)5-6-20(21)27-9-10-28-33(23,24)25)4-3-13-11-19(29-32-31-30-22)18(26-2)12-16(13)14/h11-12,14-15,17,20H,3-10,22H2,1-2H3,(H2,23,24,25)/t14?,15?,17?,20-,21-/m0/s1. The third-order valence-corrected chi connectivity index (χ3v) is 8.64. The van der Waals surface area contributed by atoms with Crippen molar-refractivity contribution in [2.75, 3.05) is 20.3 Å². The molecule has 4 N–H and O–H groups in total. The molecular formula is C21H32N2O8S2. The Labute approximate surface area is 199 Å². The van der Waals surface area contributed by atoms with Crippen LogP contribution in [-0.4, -0.2) is 34.8 Å². The molecule has 2 saturated carbocycles. The van der Waals surface area contributed by atoms with E-state index in [0.29, 0.717) is 41.6 Å². The lowest BCUT2D eigenvalue weighted by Crippen LogP contribution is -2.45. The van der Waals surface area contributed by atoms with E-state index in [-0.39, 0.29) is 24.7 Å². The first-order chi connectivity index (χ1) is 15.8. The van der Waals surface area contributed by atoms with Crippen molar-refractivity contribution in [2.24, 2.45) is 28.3 Å². The Morgan fingerprint density at radius 2 is 1.97 bits per heavy atom. The first kappa shape index (κ1) is 25.0. The molecule has 0 heterocycles. The van der Waals surface area contributed by atoms with Gasteiger partial charge in [-0.2, -0.15) is 14.3 Å². The van der Waals surface area contributed by atoms with E-state index in [0.717, 1.165) is 38.5 Å². The summed E-state index contributed by atoms with van der Waals surface area (Å²) in [5.41, 5.74) is 2.68. The van der Waals surface area contributed by atoms with Crippen molar-refractivity contribution in [3.05, 3.63) is 23.3 Å². The number of ether oxygens (including phenoxy) is 2. The minimum Gasteiger partial charge on any atom is -0.493 e. The largest absolute Gasteiger partial charge is 0.493 e. The van der Waals surface area contributed by atoms with E-state index in [1.807, 2.05) is 6.07 Å². The Balaban J connectivity index is 1.46. The number of aryl methyl sites for hydroxylation is 1. The summed E-state index contributed by atoms with van der Waals surface area (Å²) in [7, 11) is -2.32. The molecule has 0 amide bonds. The maximum atomic E-state index is 11.0. The average molecular weight is 505 g/mol. The molecule has 0 radical (unpaired) electrons. The fourth-order valence-electron chi connectivity index (χ4n) is 6.44. The van der Waals surface area contributed by atoms with Gasteiger partial charge in [-0.1, -0.05) is 6.92 Å². The minimum absolute atomic E-state index is 0.0551. The van der Waals surface area contributed by atoms with Crippen LogP contribution < -0.4 is 20.0 Å². The number of methoxy groups -OCH3 is 1. The van der Waals surface area contributed by atoms with Crippen LogP contribution >= 0.6 is 12.3 Å². The van der Waals surface area contributed by atoms with Crippen LogP contribution in [0.4, 0.5) is 0 Å². The van der Waals surface area contributed by atoms with Crippen LogP contribution in [0.2, 0.25) is 0 Å². The van der Waals surface area contributed by atoms with Crippen molar-refractivity contribution < 1.29 is 35.6 Å². The number of rotatable bonds is 10. The van der Waals surface area contributed by atoms with E-state index >= 15 is 0 Å². The molecule has 186 valence electrons. The van der Waals surface area contributed by atoms with Crippen molar-refractivity contribution in [3.8, 4) is 11.5 Å². The third kappa shape index (κ3) is 5.27. The third-order valence-electron chi connectivity index (χ3n) is 7.76. The van der Waals surface area contributed by atoms with Crippen molar-refractivity contribution in [3.63, 3.8) is 0 Å². The molecule has 0 saturated heterocycles. The van der Waals surface area contributed by atoms with Gasteiger partial charge in [-0.3, -0.25) is 4.18 Å². The highest BCUT2D eigenvalue weighted by atomic mass is 32.2. The number of hydrogen-bond donors (Lipinski definition) is 2. The molecule has 1 aromatic carbocycles. The average Bonchev–Trinajstić information content (AvgIpc) is 3.11. The zero-order valence-corrected chi connectivity index (χ0v) is 20.5. The van der Waals surface area contributed by atoms with Gasteiger partial charge in [0.1, 0.15) is 0 Å². The van der Waals surface area contributed by atoms with E-state index in [2.05, 4.69) is 26.5 Å². The molecule has 0 bridgehead atoms. The van der Waals surface area contributed by atoms with Crippen LogP contribution in [0.25, 0.3) is 0 Å². The quantitative estimate of drug-likeness (QED) is 0.211. The van der Waals surface area contributed by atoms with Crippen molar-refractivity contribution in [1.82, 2.24) is 0 Å². The first-order valence-electron chi connectivity index (χ1n) is 11.1. The molecule has 0 aromatic heterocycles. The molecule has 33 heavy (non-hydrogen) atoms. The van der Waals surface area contributed by atoms with Crippen molar-refractivity contribution >= 4 is 22.6 Å². The van der Waals surface area contributed by atoms with Gasteiger partial charge in [0.2, 0.25) is 0 Å². The smallest absolute Gasteiger partial charge is 0.333 e. The van der Waals surface area contributed by atoms with Gasteiger partial charge in [-0.15, -0.1) is 9.32 Å². The lowest BCUT2D eigenvalue weighted by molar-refractivity contribution is -0.199. The number of benzene rings is 1. The molecule has 1 aromatic rings. The normalized spacial score (nSPS) is 30.9. The van der Waals surface area contributed by atoms with Crippen LogP contribution in [0, 0.1) is 17.3 Å². The van der Waals surface area contributed by atoms with Gasteiger partial charge >= 0.3 is 10.3 Å². The molecule has 3 aliphatic rings. The SMILES string of the molecule is COc1cc2c(cc1OSOON)CCC1C2CC[C@@]2(C)C1CC[C@@H]2OCCOS(N)(=O)=O. The highest BCUT2D eigenvalue weighted by Crippen LogP contribution is 2.62. The number of fused-ring (bicyclic) bond motifs is 5. The molecule has 3 aliphatic carbocycles. The fourth-order valence-corrected chi connectivity index (χ4v) is 7.00. The second-order valence-corrected chi connectivity index (χ2v) is 10.9. The summed E-state index contributed by atoms with van der Waals surface area (Å²) in [6.45, 7) is 2.49. The van der Waals surface area contributed by atoms with E-state index in [1.165, 1.54) is 11.1 Å². The van der Waals surface area contributed by atoms with Crippen molar-refractivity contribution in [2.45, 2.75) is 57.5 Å². The molecule has 5 atom stereocenters. The molecule has 12 heteroatoms.